The lowest BCUT2D eigenvalue weighted by Gasteiger charge is -2.16. The van der Waals surface area contributed by atoms with Crippen LogP contribution in [0, 0.1) is 0 Å². The molecule has 20 heavy (non-hydrogen) atoms. The monoisotopic (exact) mass is 292 g/mol. The van der Waals surface area contributed by atoms with Gasteiger partial charge in [0.05, 0.1) is 17.9 Å². The van der Waals surface area contributed by atoms with E-state index >= 15 is 0 Å². The average Bonchev–Trinajstić information content (AvgIpc) is 2.48. The minimum Gasteiger partial charge on any atom is -0.376 e. The molecule has 2 aromatic rings. The van der Waals surface area contributed by atoms with Gasteiger partial charge in [0.2, 0.25) is 0 Å². The van der Waals surface area contributed by atoms with E-state index in [0.717, 1.165) is 12.0 Å². The number of nitrogens with zero attached hydrogens (tertiary/aromatic N) is 3. The Kier molecular flexibility index (Phi) is 4.74. The number of anilines is 1. The van der Waals surface area contributed by atoms with E-state index in [9.17, 15) is 4.79 Å². The van der Waals surface area contributed by atoms with Gasteiger partial charge in [-0.1, -0.05) is 24.6 Å². The summed E-state index contributed by atoms with van der Waals surface area (Å²) in [6, 6.07) is 3.82. The van der Waals surface area contributed by atoms with E-state index in [2.05, 4.69) is 15.4 Å². The molecule has 0 radical (unpaired) electrons. The van der Waals surface area contributed by atoms with Crippen LogP contribution in [0.5, 0.6) is 0 Å². The van der Waals surface area contributed by atoms with Gasteiger partial charge in [-0.05, 0) is 25.0 Å². The van der Waals surface area contributed by atoms with Crippen LogP contribution in [-0.2, 0) is 6.54 Å². The lowest BCUT2D eigenvalue weighted by Crippen LogP contribution is -2.24. The molecule has 1 N–H and O–H groups in total. The Morgan fingerprint density at radius 2 is 2.25 bits per heavy atom. The van der Waals surface area contributed by atoms with Gasteiger partial charge in [-0.2, -0.15) is 5.10 Å². The van der Waals surface area contributed by atoms with Gasteiger partial charge < -0.3 is 5.32 Å². The van der Waals surface area contributed by atoms with Gasteiger partial charge in [-0.25, -0.2) is 4.68 Å². The van der Waals surface area contributed by atoms with E-state index in [1.54, 1.807) is 18.6 Å². The van der Waals surface area contributed by atoms with Gasteiger partial charge in [0.15, 0.2) is 0 Å². The Bertz CT molecular complexity index is 627. The largest absolute Gasteiger partial charge is 0.376 e. The van der Waals surface area contributed by atoms with Crippen molar-refractivity contribution in [1.82, 2.24) is 14.8 Å². The van der Waals surface area contributed by atoms with Crippen LogP contribution in [-0.4, -0.2) is 14.8 Å². The van der Waals surface area contributed by atoms with Crippen molar-refractivity contribution >= 4 is 17.3 Å². The van der Waals surface area contributed by atoms with Crippen LogP contribution in [0.2, 0.25) is 5.02 Å². The molecule has 5 nitrogen and oxygen atoms in total. The molecule has 6 heteroatoms. The first kappa shape index (κ1) is 14.5. The van der Waals surface area contributed by atoms with Crippen LogP contribution in [0.25, 0.3) is 0 Å². The summed E-state index contributed by atoms with van der Waals surface area (Å²) in [4.78, 5) is 16.1. The highest BCUT2D eigenvalue weighted by molar-refractivity contribution is 6.32. The molecule has 0 aliphatic heterocycles. The zero-order chi connectivity index (χ0) is 14.5. The standard InChI is InChI=1S/C14H17ClN4O/c1-3-7-19-14(20)13(15)12(9-17-19)18-10(2)11-5-4-6-16-8-11/h4-6,8-10,18H,3,7H2,1-2H3. The van der Waals surface area contributed by atoms with Gasteiger partial charge in [-0.3, -0.25) is 9.78 Å². The molecule has 0 fully saturated rings. The maximum absolute atomic E-state index is 12.0. The lowest BCUT2D eigenvalue weighted by molar-refractivity contribution is 0.568. The fraction of sp³-hybridized carbons (Fsp3) is 0.357. The van der Waals surface area contributed by atoms with Crippen molar-refractivity contribution in [2.75, 3.05) is 5.32 Å². The summed E-state index contributed by atoms with van der Waals surface area (Å²) in [5.74, 6) is 0. The van der Waals surface area contributed by atoms with E-state index in [4.69, 9.17) is 11.6 Å². The van der Waals surface area contributed by atoms with Crippen LogP contribution in [0.3, 0.4) is 0 Å². The van der Waals surface area contributed by atoms with Crippen molar-refractivity contribution in [2.24, 2.45) is 0 Å². The second-order valence-corrected chi connectivity index (χ2v) is 4.93. The normalized spacial score (nSPS) is 12.2. The van der Waals surface area contributed by atoms with E-state index in [-0.39, 0.29) is 16.6 Å². The maximum atomic E-state index is 12.0. The lowest BCUT2D eigenvalue weighted by atomic mass is 10.1. The van der Waals surface area contributed by atoms with Crippen molar-refractivity contribution in [3.63, 3.8) is 0 Å². The predicted molar refractivity (Wildman–Crippen MR) is 80.1 cm³/mol. The second kappa shape index (κ2) is 6.52. The number of rotatable bonds is 5. The summed E-state index contributed by atoms with van der Waals surface area (Å²) >= 11 is 6.11. The zero-order valence-electron chi connectivity index (χ0n) is 11.5. The Labute approximate surface area is 122 Å². The first-order valence-corrected chi connectivity index (χ1v) is 6.93. The van der Waals surface area contributed by atoms with Crippen molar-refractivity contribution in [3.8, 4) is 0 Å². The van der Waals surface area contributed by atoms with E-state index in [0.29, 0.717) is 12.2 Å². The molecule has 106 valence electrons. The summed E-state index contributed by atoms with van der Waals surface area (Å²) in [6.45, 7) is 4.53. The molecule has 0 spiro atoms. The molecule has 0 amide bonds. The second-order valence-electron chi connectivity index (χ2n) is 4.55. The molecule has 2 rings (SSSR count). The van der Waals surface area contributed by atoms with Gasteiger partial charge >= 0.3 is 0 Å². The highest BCUT2D eigenvalue weighted by atomic mass is 35.5. The predicted octanol–water partition coefficient (Wildman–Crippen LogP) is 2.87. The van der Waals surface area contributed by atoms with Crippen LogP contribution in [0.1, 0.15) is 31.9 Å². The van der Waals surface area contributed by atoms with Gasteiger partial charge in [0.25, 0.3) is 5.56 Å². The van der Waals surface area contributed by atoms with Crippen LogP contribution in [0.4, 0.5) is 5.69 Å². The summed E-state index contributed by atoms with van der Waals surface area (Å²) < 4.78 is 1.38. The van der Waals surface area contributed by atoms with Gasteiger partial charge in [0, 0.05) is 18.9 Å². The Morgan fingerprint density at radius 1 is 1.45 bits per heavy atom. The number of nitrogens with one attached hydrogen (secondary N) is 1. The third-order valence-electron chi connectivity index (χ3n) is 2.98. The molecule has 0 aliphatic rings. The van der Waals surface area contributed by atoms with E-state index in [1.807, 2.05) is 26.0 Å². The van der Waals surface area contributed by atoms with E-state index < -0.39 is 0 Å². The zero-order valence-corrected chi connectivity index (χ0v) is 12.3. The maximum Gasteiger partial charge on any atom is 0.287 e. The number of aryl methyl sites for hydroxylation is 1. The summed E-state index contributed by atoms with van der Waals surface area (Å²) in [6.07, 6.45) is 5.92. The fourth-order valence-corrected chi connectivity index (χ4v) is 2.09. The number of hydrogen-bond acceptors (Lipinski definition) is 4. The van der Waals surface area contributed by atoms with Crippen LogP contribution >= 0.6 is 11.6 Å². The Balaban J connectivity index is 2.22. The first-order chi connectivity index (χ1) is 9.63. The molecule has 0 bridgehead atoms. The Hall–Kier alpha value is -1.88. The molecular formula is C14H17ClN4O. The third kappa shape index (κ3) is 3.17. The van der Waals surface area contributed by atoms with Crippen molar-refractivity contribution in [3.05, 3.63) is 51.7 Å². The highest BCUT2D eigenvalue weighted by Gasteiger charge is 2.12. The number of hydrogen-bond donors (Lipinski definition) is 1. The molecule has 1 atom stereocenters. The van der Waals surface area contributed by atoms with Crippen LogP contribution in [0.15, 0.2) is 35.5 Å². The molecule has 2 heterocycles. The minimum absolute atomic E-state index is 0.00979. The summed E-state index contributed by atoms with van der Waals surface area (Å²) in [5.41, 5.74) is 1.29. The molecular weight excluding hydrogens is 276 g/mol. The molecule has 2 aromatic heterocycles. The molecule has 0 aromatic carbocycles. The van der Waals surface area contributed by atoms with Crippen molar-refractivity contribution < 1.29 is 0 Å². The minimum atomic E-state index is -0.267. The molecule has 0 saturated carbocycles. The molecule has 0 saturated heterocycles. The smallest absolute Gasteiger partial charge is 0.287 e. The SMILES string of the molecule is CCCn1ncc(NC(C)c2cccnc2)c(Cl)c1=O. The average molecular weight is 293 g/mol. The summed E-state index contributed by atoms with van der Waals surface area (Å²) in [5, 5.41) is 7.48. The third-order valence-corrected chi connectivity index (χ3v) is 3.34. The quantitative estimate of drug-likeness (QED) is 0.920. The van der Waals surface area contributed by atoms with Crippen molar-refractivity contribution in [1.29, 1.82) is 0 Å². The highest BCUT2D eigenvalue weighted by Crippen LogP contribution is 2.22. The number of halogens is 1. The van der Waals surface area contributed by atoms with Crippen molar-refractivity contribution in [2.45, 2.75) is 32.9 Å². The Morgan fingerprint density at radius 3 is 2.90 bits per heavy atom. The van der Waals surface area contributed by atoms with Crippen LogP contribution < -0.4 is 10.9 Å². The molecule has 0 aliphatic carbocycles. The fourth-order valence-electron chi connectivity index (χ4n) is 1.89. The number of aromatic nitrogens is 3. The van der Waals surface area contributed by atoms with Gasteiger partial charge in [-0.15, -0.1) is 0 Å². The number of pyridine rings is 1. The summed E-state index contributed by atoms with van der Waals surface area (Å²) in [7, 11) is 0. The van der Waals surface area contributed by atoms with Gasteiger partial charge in [0.1, 0.15) is 5.02 Å². The topological polar surface area (TPSA) is 59.8 Å². The first-order valence-electron chi connectivity index (χ1n) is 6.55. The molecule has 1 unspecified atom stereocenters. The van der Waals surface area contributed by atoms with E-state index in [1.165, 1.54) is 4.68 Å².